The summed E-state index contributed by atoms with van der Waals surface area (Å²) in [7, 11) is 0. The molecular formula is C21H47N3. The van der Waals surface area contributed by atoms with Gasteiger partial charge in [-0.3, -0.25) is 5.32 Å². The van der Waals surface area contributed by atoms with E-state index in [2.05, 4.69) is 12.2 Å². The molecule has 0 saturated carbocycles. The molecule has 0 fully saturated rings. The van der Waals surface area contributed by atoms with Crippen LogP contribution in [0.4, 0.5) is 0 Å². The summed E-state index contributed by atoms with van der Waals surface area (Å²) in [5.74, 6) is -0.671. The van der Waals surface area contributed by atoms with E-state index in [1.54, 1.807) is 0 Å². The van der Waals surface area contributed by atoms with E-state index in [-0.39, 0.29) is 0 Å². The van der Waals surface area contributed by atoms with Crippen LogP contribution < -0.4 is 16.8 Å². The molecule has 0 unspecified atom stereocenters. The summed E-state index contributed by atoms with van der Waals surface area (Å²) in [4.78, 5) is 0. The van der Waals surface area contributed by atoms with E-state index in [4.69, 9.17) is 11.5 Å². The lowest BCUT2D eigenvalue weighted by molar-refractivity contribution is 0.331. The van der Waals surface area contributed by atoms with Gasteiger partial charge in [-0.2, -0.15) is 0 Å². The molecule has 146 valence electrons. The molecule has 3 nitrogen and oxygen atoms in total. The lowest BCUT2D eigenvalue weighted by atomic mass is 10.0. The van der Waals surface area contributed by atoms with Crippen LogP contribution in [0.2, 0.25) is 0 Å². The second-order valence-corrected chi connectivity index (χ2v) is 7.62. The predicted octanol–water partition coefficient (Wildman–Crippen LogP) is 5.82. The highest BCUT2D eigenvalue weighted by molar-refractivity contribution is 4.70. The van der Waals surface area contributed by atoms with Crippen molar-refractivity contribution in [1.82, 2.24) is 5.32 Å². The van der Waals surface area contributed by atoms with Crippen molar-refractivity contribution < 1.29 is 0 Å². The Morgan fingerprint density at radius 3 is 1.21 bits per heavy atom. The largest absolute Gasteiger partial charge is 0.301 e. The van der Waals surface area contributed by atoms with Gasteiger partial charge in [-0.25, -0.2) is 0 Å². The fourth-order valence-electron chi connectivity index (χ4n) is 3.12. The maximum absolute atomic E-state index is 5.85. The minimum atomic E-state index is -0.671. The smallest absolute Gasteiger partial charge is 0.118 e. The van der Waals surface area contributed by atoms with Crippen molar-refractivity contribution in [3.05, 3.63) is 0 Å². The van der Waals surface area contributed by atoms with Crippen LogP contribution in [0.3, 0.4) is 0 Å². The van der Waals surface area contributed by atoms with Crippen LogP contribution in [-0.4, -0.2) is 12.3 Å². The standard InChI is InChI=1S/C21H47N3/c1-3-5-6-7-8-9-10-11-12-13-14-15-16-17-18-19-20-24-21(22,23)4-2/h24H,3-20,22-23H2,1-2H3. The summed E-state index contributed by atoms with van der Waals surface area (Å²) in [6, 6.07) is 0. The molecule has 0 radical (unpaired) electrons. The third kappa shape index (κ3) is 18.2. The van der Waals surface area contributed by atoms with E-state index >= 15 is 0 Å². The van der Waals surface area contributed by atoms with Crippen molar-refractivity contribution in [3.8, 4) is 0 Å². The Labute approximate surface area is 152 Å². The van der Waals surface area contributed by atoms with Gasteiger partial charge in [0.15, 0.2) is 0 Å². The predicted molar refractivity (Wildman–Crippen MR) is 109 cm³/mol. The molecule has 0 rings (SSSR count). The molecule has 0 amide bonds. The van der Waals surface area contributed by atoms with Crippen LogP contribution in [0.5, 0.6) is 0 Å². The van der Waals surface area contributed by atoms with Crippen molar-refractivity contribution in [1.29, 1.82) is 0 Å². The number of unbranched alkanes of at least 4 members (excludes halogenated alkanes) is 15. The summed E-state index contributed by atoms with van der Waals surface area (Å²) < 4.78 is 0. The van der Waals surface area contributed by atoms with Crippen molar-refractivity contribution >= 4 is 0 Å². The molecule has 0 aromatic carbocycles. The first-order chi connectivity index (χ1) is 11.6. The first-order valence-corrected chi connectivity index (χ1v) is 10.9. The third-order valence-corrected chi connectivity index (χ3v) is 5.07. The van der Waals surface area contributed by atoms with Gasteiger partial charge in [-0.1, -0.05) is 110 Å². The summed E-state index contributed by atoms with van der Waals surface area (Å²) in [5.41, 5.74) is 11.7. The van der Waals surface area contributed by atoms with E-state index in [0.29, 0.717) is 0 Å². The number of hydrogen-bond acceptors (Lipinski definition) is 3. The molecule has 5 N–H and O–H groups in total. The Hall–Kier alpha value is -0.120. The molecule has 0 aromatic rings. The van der Waals surface area contributed by atoms with Crippen LogP contribution in [0.25, 0.3) is 0 Å². The Kier molecular flexibility index (Phi) is 17.6. The SMILES string of the molecule is CCCCCCCCCCCCCCCCCCNC(N)(N)CC. The quantitative estimate of drug-likeness (QED) is 0.205. The highest BCUT2D eigenvalue weighted by Crippen LogP contribution is 2.13. The normalized spacial score (nSPS) is 12.0. The van der Waals surface area contributed by atoms with Crippen molar-refractivity contribution in [3.63, 3.8) is 0 Å². The zero-order chi connectivity index (χ0) is 17.9. The summed E-state index contributed by atoms with van der Waals surface area (Å²) in [6.45, 7) is 5.25. The minimum absolute atomic E-state index is 0.671. The van der Waals surface area contributed by atoms with Gasteiger partial charge in [0, 0.05) is 0 Å². The van der Waals surface area contributed by atoms with Crippen LogP contribution in [-0.2, 0) is 0 Å². The Balaban J connectivity index is 3.05. The van der Waals surface area contributed by atoms with Crippen molar-refractivity contribution in [2.45, 2.75) is 129 Å². The van der Waals surface area contributed by atoms with Gasteiger partial charge >= 0.3 is 0 Å². The van der Waals surface area contributed by atoms with Crippen LogP contribution in [0.15, 0.2) is 0 Å². The number of hydrogen-bond donors (Lipinski definition) is 3. The monoisotopic (exact) mass is 341 g/mol. The summed E-state index contributed by atoms with van der Waals surface area (Å²) in [6.07, 6.45) is 23.3. The highest BCUT2D eigenvalue weighted by Gasteiger charge is 2.13. The Morgan fingerprint density at radius 1 is 0.542 bits per heavy atom. The molecule has 0 spiro atoms. The lowest BCUT2D eigenvalue weighted by Crippen LogP contribution is -2.60. The summed E-state index contributed by atoms with van der Waals surface area (Å²) in [5, 5.41) is 3.21. The second kappa shape index (κ2) is 17.7. The van der Waals surface area contributed by atoms with E-state index in [0.717, 1.165) is 13.0 Å². The van der Waals surface area contributed by atoms with Crippen LogP contribution in [0.1, 0.15) is 123 Å². The molecular weight excluding hydrogens is 294 g/mol. The fraction of sp³-hybridized carbons (Fsp3) is 1.00. The first kappa shape index (κ1) is 23.9. The molecule has 0 aliphatic heterocycles. The number of nitrogens with one attached hydrogen (secondary N) is 1. The molecule has 0 aliphatic carbocycles. The molecule has 0 aliphatic rings. The maximum atomic E-state index is 5.85. The molecule has 0 atom stereocenters. The zero-order valence-electron chi connectivity index (χ0n) is 16.9. The van der Waals surface area contributed by atoms with Crippen LogP contribution in [0, 0.1) is 0 Å². The molecule has 3 heteroatoms. The fourth-order valence-corrected chi connectivity index (χ4v) is 3.12. The molecule has 0 bridgehead atoms. The second-order valence-electron chi connectivity index (χ2n) is 7.62. The average Bonchev–Trinajstić information content (AvgIpc) is 2.57. The molecule has 24 heavy (non-hydrogen) atoms. The van der Waals surface area contributed by atoms with E-state index < -0.39 is 5.79 Å². The maximum Gasteiger partial charge on any atom is 0.118 e. The third-order valence-electron chi connectivity index (χ3n) is 5.07. The Morgan fingerprint density at radius 2 is 0.875 bits per heavy atom. The van der Waals surface area contributed by atoms with E-state index in [1.165, 1.54) is 103 Å². The molecule has 0 aromatic heterocycles. The first-order valence-electron chi connectivity index (χ1n) is 10.9. The Bertz CT molecular complexity index is 241. The van der Waals surface area contributed by atoms with Gasteiger partial charge in [-0.05, 0) is 19.4 Å². The summed E-state index contributed by atoms with van der Waals surface area (Å²) >= 11 is 0. The van der Waals surface area contributed by atoms with Gasteiger partial charge in [-0.15, -0.1) is 0 Å². The molecule has 0 saturated heterocycles. The van der Waals surface area contributed by atoms with Gasteiger partial charge in [0.2, 0.25) is 0 Å². The lowest BCUT2D eigenvalue weighted by Gasteiger charge is -2.24. The average molecular weight is 342 g/mol. The number of nitrogens with two attached hydrogens (primary N) is 2. The van der Waals surface area contributed by atoms with E-state index in [9.17, 15) is 0 Å². The highest BCUT2D eigenvalue weighted by atomic mass is 15.2. The van der Waals surface area contributed by atoms with Gasteiger partial charge in [0.1, 0.15) is 5.79 Å². The topological polar surface area (TPSA) is 64.1 Å². The zero-order valence-corrected chi connectivity index (χ0v) is 16.9. The van der Waals surface area contributed by atoms with Crippen molar-refractivity contribution in [2.75, 3.05) is 6.54 Å². The molecule has 0 heterocycles. The van der Waals surface area contributed by atoms with Gasteiger partial charge in [0.05, 0.1) is 0 Å². The number of rotatable bonds is 19. The van der Waals surface area contributed by atoms with Gasteiger partial charge in [0.25, 0.3) is 0 Å². The van der Waals surface area contributed by atoms with Crippen LogP contribution >= 0.6 is 0 Å². The van der Waals surface area contributed by atoms with Crippen molar-refractivity contribution in [2.24, 2.45) is 11.5 Å². The van der Waals surface area contributed by atoms with Gasteiger partial charge < -0.3 is 11.5 Å². The van der Waals surface area contributed by atoms with E-state index in [1.807, 2.05) is 6.92 Å². The minimum Gasteiger partial charge on any atom is -0.301 e.